The molecule has 0 aromatic carbocycles. The number of rotatable bonds is 1. The summed E-state index contributed by atoms with van der Waals surface area (Å²) >= 11 is 0. The molecule has 104 valence electrons. The molecule has 4 heteroatoms. The van der Waals surface area contributed by atoms with Gasteiger partial charge in [0, 0.05) is 11.5 Å². The Labute approximate surface area is 110 Å². The van der Waals surface area contributed by atoms with Crippen LogP contribution in [0.4, 0.5) is 4.79 Å². The number of hydrogen-bond acceptors (Lipinski definition) is 3. The van der Waals surface area contributed by atoms with E-state index in [0.29, 0.717) is 0 Å². The van der Waals surface area contributed by atoms with Crippen molar-refractivity contribution in [2.45, 2.75) is 59.1 Å². The second-order valence-corrected chi connectivity index (χ2v) is 7.21. The first kappa shape index (κ1) is 13.7. The molecule has 0 aromatic rings. The normalized spacial score (nSPS) is 28.8. The highest BCUT2D eigenvalue weighted by Crippen LogP contribution is 2.67. The minimum atomic E-state index is -0.426. The predicted octanol–water partition coefficient (Wildman–Crippen LogP) is 2.29. The van der Waals surface area contributed by atoms with Gasteiger partial charge in [-0.15, -0.1) is 0 Å². The maximum atomic E-state index is 11.9. The highest BCUT2D eigenvalue weighted by Gasteiger charge is 2.71. The van der Waals surface area contributed by atoms with Crippen LogP contribution in [0.15, 0.2) is 0 Å². The summed E-state index contributed by atoms with van der Waals surface area (Å²) in [6.45, 7) is 12.3. The molecular weight excluding hydrogens is 228 g/mol. The van der Waals surface area contributed by atoms with Gasteiger partial charge in [-0.3, -0.25) is 0 Å². The van der Waals surface area contributed by atoms with Crippen LogP contribution in [0, 0.1) is 10.8 Å². The third-order valence-electron chi connectivity index (χ3n) is 4.63. The lowest BCUT2D eigenvalue weighted by atomic mass is 9.87. The molecule has 1 unspecified atom stereocenters. The van der Waals surface area contributed by atoms with E-state index in [9.17, 15) is 4.79 Å². The van der Waals surface area contributed by atoms with E-state index in [-0.39, 0.29) is 23.0 Å². The van der Waals surface area contributed by atoms with Crippen molar-refractivity contribution in [3.05, 3.63) is 0 Å². The smallest absolute Gasteiger partial charge is 0.407 e. The molecule has 1 amide bonds. The molecule has 1 saturated carbocycles. The van der Waals surface area contributed by atoms with E-state index in [2.05, 4.69) is 24.5 Å². The topological polar surface area (TPSA) is 50.4 Å². The molecule has 4 nitrogen and oxygen atoms in total. The summed E-state index contributed by atoms with van der Waals surface area (Å²) in [5, 5.41) is 6.46. The van der Waals surface area contributed by atoms with Gasteiger partial charge in [0.2, 0.25) is 0 Å². The van der Waals surface area contributed by atoms with Crippen LogP contribution < -0.4 is 10.6 Å². The molecule has 1 atom stereocenters. The Hall–Kier alpha value is -0.770. The van der Waals surface area contributed by atoms with Gasteiger partial charge in [-0.25, -0.2) is 4.79 Å². The van der Waals surface area contributed by atoms with Crippen LogP contribution in [0.5, 0.6) is 0 Å². The number of carbonyl (C=O) groups is 1. The summed E-state index contributed by atoms with van der Waals surface area (Å²) in [7, 11) is 0. The number of ether oxygens (including phenoxy) is 1. The minimum absolute atomic E-state index is 0.187. The molecule has 2 N–H and O–H groups in total. The molecule has 0 radical (unpaired) electrons. The number of carbonyl (C=O) groups excluding carboxylic acids is 1. The Balaban J connectivity index is 1.96. The third-order valence-corrected chi connectivity index (χ3v) is 4.63. The average molecular weight is 254 g/mol. The highest BCUT2D eigenvalue weighted by atomic mass is 16.6. The fourth-order valence-electron chi connectivity index (χ4n) is 3.49. The van der Waals surface area contributed by atoms with E-state index < -0.39 is 5.60 Å². The second-order valence-electron chi connectivity index (χ2n) is 7.21. The van der Waals surface area contributed by atoms with Crippen LogP contribution in [0.25, 0.3) is 0 Å². The zero-order valence-electron chi connectivity index (χ0n) is 12.2. The monoisotopic (exact) mass is 254 g/mol. The number of hydrogen-bond donors (Lipinski definition) is 2. The quantitative estimate of drug-likeness (QED) is 0.755. The fourth-order valence-corrected chi connectivity index (χ4v) is 3.49. The molecule has 2 fully saturated rings. The van der Waals surface area contributed by atoms with Crippen LogP contribution in [-0.4, -0.2) is 30.8 Å². The summed E-state index contributed by atoms with van der Waals surface area (Å²) in [5.74, 6) is 0. The Morgan fingerprint density at radius 1 is 1.28 bits per heavy atom. The van der Waals surface area contributed by atoms with Gasteiger partial charge in [0.05, 0.1) is 0 Å². The van der Waals surface area contributed by atoms with Crippen LogP contribution in [0.3, 0.4) is 0 Å². The molecule has 1 aliphatic heterocycles. The molecule has 0 bridgehead atoms. The maximum absolute atomic E-state index is 11.9. The van der Waals surface area contributed by atoms with Crippen LogP contribution in [0.2, 0.25) is 0 Å². The lowest BCUT2D eigenvalue weighted by molar-refractivity contribution is 0.0511. The van der Waals surface area contributed by atoms with Crippen LogP contribution >= 0.6 is 0 Å². The van der Waals surface area contributed by atoms with Crippen molar-refractivity contribution < 1.29 is 9.53 Å². The van der Waals surface area contributed by atoms with Gasteiger partial charge < -0.3 is 15.4 Å². The SMILES string of the molecule is CC(C)(C)OC(=O)NC1C(C)(C)C12CCNCC2. The van der Waals surface area contributed by atoms with Crippen molar-refractivity contribution >= 4 is 6.09 Å². The van der Waals surface area contributed by atoms with Gasteiger partial charge in [0.15, 0.2) is 0 Å². The molecule has 1 aliphatic carbocycles. The second kappa shape index (κ2) is 4.12. The van der Waals surface area contributed by atoms with E-state index in [4.69, 9.17) is 4.74 Å². The summed E-state index contributed by atoms with van der Waals surface area (Å²) in [6, 6.07) is 0.252. The van der Waals surface area contributed by atoms with E-state index in [1.165, 1.54) is 0 Å². The summed E-state index contributed by atoms with van der Waals surface area (Å²) in [5.41, 5.74) is 0.0333. The van der Waals surface area contributed by atoms with Gasteiger partial charge in [0.1, 0.15) is 5.60 Å². The zero-order chi connectivity index (χ0) is 13.6. The standard InChI is InChI=1S/C14H26N2O2/c1-12(2,3)18-11(17)16-10-13(4,5)14(10)6-8-15-9-7-14/h10,15H,6-9H2,1-5H3,(H,16,17). The Bertz CT molecular complexity index is 338. The largest absolute Gasteiger partial charge is 0.444 e. The highest BCUT2D eigenvalue weighted by molar-refractivity contribution is 5.69. The van der Waals surface area contributed by atoms with E-state index in [0.717, 1.165) is 25.9 Å². The van der Waals surface area contributed by atoms with Gasteiger partial charge in [-0.1, -0.05) is 13.8 Å². The van der Waals surface area contributed by atoms with Crippen molar-refractivity contribution in [3.8, 4) is 0 Å². The molecule has 2 rings (SSSR count). The maximum Gasteiger partial charge on any atom is 0.407 e. The zero-order valence-corrected chi connectivity index (χ0v) is 12.2. The first-order valence-electron chi connectivity index (χ1n) is 6.89. The van der Waals surface area contributed by atoms with Crippen LogP contribution in [0.1, 0.15) is 47.5 Å². The number of amides is 1. The number of piperidine rings is 1. The molecule has 2 aliphatic rings. The van der Waals surface area contributed by atoms with Crippen LogP contribution in [-0.2, 0) is 4.74 Å². The summed E-state index contributed by atoms with van der Waals surface area (Å²) in [6.07, 6.45) is 2.00. The van der Waals surface area contributed by atoms with Crippen molar-refractivity contribution in [2.24, 2.45) is 10.8 Å². The van der Waals surface area contributed by atoms with Crippen molar-refractivity contribution in [1.82, 2.24) is 10.6 Å². The number of alkyl carbamates (subject to hydrolysis) is 1. The molecule has 1 saturated heterocycles. The Kier molecular flexibility index (Phi) is 3.13. The molecule has 1 spiro atoms. The fraction of sp³-hybridized carbons (Fsp3) is 0.929. The molecule has 18 heavy (non-hydrogen) atoms. The lowest BCUT2D eigenvalue weighted by Crippen LogP contribution is -2.38. The number of nitrogens with one attached hydrogen (secondary N) is 2. The summed E-state index contributed by atoms with van der Waals surface area (Å²) < 4.78 is 5.35. The van der Waals surface area contributed by atoms with Gasteiger partial charge in [-0.2, -0.15) is 0 Å². The minimum Gasteiger partial charge on any atom is -0.444 e. The Morgan fingerprint density at radius 2 is 1.83 bits per heavy atom. The van der Waals surface area contributed by atoms with Gasteiger partial charge >= 0.3 is 6.09 Å². The third kappa shape index (κ3) is 2.22. The summed E-state index contributed by atoms with van der Waals surface area (Å²) in [4.78, 5) is 11.9. The van der Waals surface area contributed by atoms with Crippen molar-refractivity contribution in [2.75, 3.05) is 13.1 Å². The van der Waals surface area contributed by atoms with E-state index >= 15 is 0 Å². The average Bonchev–Trinajstić information content (AvgIpc) is 2.63. The van der Waals surface area contributed by atoms with Crippen molar-refractivity contribution in [3.63, 3.8) is 0 Å². The first-order chi connectivity index (χ1) is 8.19. The van der Waals surface area contributed by atoms with E-state index in [1.54, 1.807) is 0 Å². The molecule has 0 aromatic heterocycles. The molecule has 1 heterocycles. The van der Waals surface area contributed by atoms with Gasteiger partial charge in [0.25, 0.3) is 0 Å². The Morgan fingerprint density at radius 3 is 2.33 bits per heavy atom. The van der Waals surface area contributed by atoms with Crippen molar-refractivity contribution in [1.29, 1.82) is 0 Å². The lowest BCUT2D eigenvalue weighted by Gasteiger charge is -2.26. The van der Waals surface area contributed by atoms with Gasteiger partial charge in [-0.05, 0) is 52.1 Å². The molecular formula is C14H26N2O2. The first-order valence-corrected chi connectivity index (χ1v) is 6.89. The predicted molar refractivity (Wildman–Crippen MR) is 71.5 cm³/mol. The van der Waals surface area contributed by atoms with E-state index in [1.807, 2.05) is 20.8 Å².